The van der Waals surface area contributed by atoms with Gasteiger partial charge in [-0.3, -0.25) is 0 Å². The highest BCUT2D eigenvalue weighted by atomic mass is 19.1. The Kier molecular flexibility index (Phi) is 5.56. The van der Waals surface area contributed by atoms with Gasteiger partial charge in [0.2, 0.25) is 0 Å². The van der Waals surface area contributed by atoms with Crippen molar-refractivity contribution in [2.24, 2.45) is 5.73 Å². The summed E-state index contributed by atoms with van der Waals surface area (Å²) in [5.41, 5.74) is 6.28. The third-order valence-electron chi connectivity index (χ3n) is 3.32. The van der Waals surface area contributed by atoms with Crippen LogP contribution < -0.4 is 10.5 Å². The Hall–Kier alpha value is -1.13. The zero-order valence-electron chi connectivity index (χ0n) is 11.3. The van der Waals surface area contributed by atoms with E-state index < -0.39 is 0 Å². The molecule has 102 valence electrons. The van der Waals surface area contributed by atoms with Crippen LogP contribution in [0.3, 0.4) is 0 Å². The number of methoxy groups -OCH3 is 1. The molecule has 0 aliphatic rings. The summed E-state index contributed by atoms with van der Waals surface area (Å²) in [4.78, 5) is 0. The van der Waals surface area contributed by atoms with Crippen LogP contribution in [-0.4, -0.2) is 19.3 Å². The molecule has 0 saturated heterocycles. The standard InChI is InChI=1S/C14H22FNO2/c1-4-14(16,5-2)10-18-9-11-7-6-8-12(17-3)13(11)15/h6-8H,4-5,9-10,16H2,1-3H3. The molecule has 1 aromatic rings. The van der Waals surface area contributed by atoms with E-state index in [2.05, 4.69) is 0 Å². The number of rotatable bonds is 7. The zero-order valence-corrected chi connectivity index (χ0v) is 11.3. The van der Waals surface area contributed by atoms with Crippen molar-refractivity contribution in [3.8, 4) is 5.75 Å². The van der Waals surface area contributed by atoms with Gasteiger partial charge in [0.05, 0.1) is 20.3 Å². The van der Waals surface area contributed by atoms with E-state index >= 15 is 0 Å². The van der Waals surface area contributed by atoms with Crippen LogP contribution >= 0.6 is 0 Å². The van der Waals surface area contributed by atoms with Gasteiger partial charge in [-0.05, 0) is 18.9 Å². The van der Waals surface area contributed by atoms with Gasteiger partial charge in [0, 0.05) is 11.1 Å². The maximum atomic E-state index is 13.8. The third kappa shape index (κ3) is 3.68. The minimum absolute atomic E-state index is 0.210. The van der Waals surface area contributed by atoms with Crippen LogP contribution in [-0.2, 0) is 11.3 Å². The van der Waals surface area contributed by atoms with Crippen LogP contribution in [0.1, 0.15) is 32.3 Å². The Morgan fingerprint density at radius 1 is 1.28 bits per heavy atom. The molecule has 1 aromatic carbocycles. The highest BCUT2D eigenvalue weighted by Gasteiger charge is 2.20. The molecule has 0 aromatic heterocycles. The van der Waals surface area contributed by atoms with Crippen LogP contribution in [0.25, 0.3) is 0 Å². The molecular weight excluding hydrogens is 233 g/mol. The predicted molar refractivity (Wildman–Crippen MR) is 70.1 cm³/mol. The van der Waals surface area contributed by atoms with Gasteiger partial charge >= 0.3 is 0 Å². The molecule has 0 atom stereocenters. The van der Waals surface area contributed by atoms with Crippen molar-refractivity contribution in [1.29, 1.82) is 0 Å². The molecule has 0 heterocycles. The van der Waals surface area contributed by atoms with Crippen LogP contribution in [0, 0.1) is 5.82 Å². The fourth-order valence-corrected chi connectivity index (χ4v) is 1.64. The monoisotopic (exact) mass is 255 g/mol. The summed E-state index contributed by atoms with van der Waals surface area (Å²) < 4.78 is 24.3. The molecular formula is C14H22FNO2. The lowest BCUT2D eigenvalue weighted by Gasteiger charge is -2.26. The lowest BCUT2D eigenvalue weighted by Crippen LogP contribution is -2.43. The molecule has 0 bridgehead atoms. The summed E-state index contributed by atoms with van der Waals surface area (Å²) in [7, 11) is 1.45. The third-order valence-corrected chi connectivity index (χ3v) is 3.32. The summed E-state index contributed by atoms with van der Waals surface area (Å²) >= 11 is 0. The van der Waals surface area contributed by atoms with E-state index in [0.717, 1.165) is 12.8 Å². The first-order valence-corrected chi connectivity index (χ1v) is 6.24. The van der Waals surface area contributed by atoms with Crippen molar-refractivity contribution in [2.45, 2.75) is 38.8 Å². The molecule has 0 aliphatic carbocycles. The highest BCUT2D eigenvalue weighted by molar-refractivity contribution is 5.30. The smallest absolute Gasteiger partial charge is 0.170 e. The van der Waals surface area contributed by atoms with Crippen molar-refractivity contribution < 1.29 is 13.9 Å². The highest BCUT2D eigenvalue weighted by Crippen LogP contribution is 2.21. The molecule has 18 heavy (non-hydrogen) atoms. The summed E-state index contributed by atoms with van der Waals surface area (Å²) in [6, 6.07) is 5.02. The summed E-state index contributed by atoms with van der Waals surface area (Å²) in [6.07, 6.45) is 1.67. The van der Waals surface area contributed by atoms with E-state index in [-0.39, 0.29) is 23.7 Å². The average Bonchev–Trinajstić information content (AvgIpc) is 2.40. The quantitative estimate of drug-likeness (QED) is 0.814. The van der Waals surface area contributed by atoms with E-state index in [0.29, 0.717) is 12.2 Å². The fourth-order valence-electron chi connectivity index (χ4n) is 1.64. The molecule has 0 saturated carbocycles. The Balaban J connectivity index is 2.59. The van der Waals surface area contributed by atoms with Crippen LogP contribution in [0.2, 0.25) is 0 Å². The van der Waals surface area contributed by atoms with Gasteiger partial charge in [-0.25, -0.2) is 4.39 Å². The molecule has 0 aliphatic heterocycles. The molecule has 4 heteroatoms. The molecule has 0 fully saturated rings. The van der Waals surface area contributed by atoms with Crippen LogP contribution in [0.4, 0.5) is 4.39 Å². The zero-order chi connectivity index (χ0) is 13.6. The average molecular weight is 255 g/mol. The van der Waals surface area contributed by atoms with Gasteiger partial charge in [0.1, 0.15) is 0 Å². The first-order chi connectivity index (χ1) is 8.56. The summed E-state index contributed by atoms with van der Waals surface area (Å²) in [6.45, 7) is 4.69. The van der Waals surface area contributed by atoms with Crippen molar-refractivity contribution in [3.63, 3.8) is 0 Å². The Labute approximate surface area is 108 Å². The van der Waals surface area contributed by atoms with Gasteiger partial charge in [-0.1, -0.05) is 26.0 Å². The minimum Gasteiger partial charge on any atom is -0.494 e. The second-order valence-corrected chi connectivity index (χ2v) is 4.50. The van der Waals surface area contributed by atoms with Gasteiger partial charge < -0.3 is 15.2 Å². The molecule has 0 radical (unpaired) electrons. The Morgan fingerprint density at radius 2 is 1.94 bits per heavy atom. The number of hydrogen-bond donors (Lipinski definition) is 1. The van der Waals surface area contributed by atoms with E-state index in [4.69, 9.17) is 15.2 Å². The summed E-state index contributed by atoms with van der Waals surface area (Å²) in [5, 5.41) is 0. The maximum absolute atomic E-state index is 13.8. The van der Waals surface area contributed by atoms with Crippen LogP contribution in [0.5, 0.6) is 5.75 Å². The van der Waals surface area contributed by atoms with Gasteiger partial charge in [-0.15, -0.1) is 0 Å². The maximum Gasteiger partial charge on any atom is 0.170 e. The van der Waals surface area contributed by atoms with Crippen molar-refractivity contribution in [3.05, 3.63) is 29.6 Å². The SMILES string of the molecule is CCC(N)(CC)COCc1cccc(OC)c1F. The largest absolute Gasteiger partial charge is 0.494 e. The number of benzene rings is 1. The van der Waals surface area contributed by atoms with Crippen molar-refractivity contribution in [1.82, 2.24) is 0 Å². The van der Waals surface area contributed by atoms with Gasteiger partial charge in [0.15, 0.2) is 11.6 Å². The lowest BCUT2D eigenvalue weighted by atomic mass is 9.96. The normalized spacial score (nSPS) is 11.6. The van der Waals surface area contributed by atoms with E-state index in [9.17, 15) is 4.39 Å². The Morgan fingerprint density at radius 3 is 2.50 bits per heavy atom. The number of halogens is 1. The molecule has 3 nitrogen and oxygen atoms in total. The topological polar surface area (TPSA) is 44.5 Å². The first kappa shape index (κ1) is 14.9. The van der Waals surface area contributed by atoms with E-state index in [1.54, 1.807) is 18.2 Å². The van der Waals surface area contributed by atoms with E-state index in [1.807, 2.05) is 13.8 Å². The first-order valence-electron chi connectivity index (χ1n) is 6.24. The summed E-state index contributed by atoms with van der Waals surface area (Å²) in [5.74, 6) is -0.128. The fraction of sp³-hybridized carbons (Fsp3) is 0.571. The predicted octanol–water partition coefficient (Wildman–Crippen LogP) is 2.87. The van der Waals surface area contributed by atoms with Crippen molar-refractivity contribution in [2.75, 3.05) is 13.7 Å². The Bertz CT molecular complexity index is 378. The molecule has 0 amide bonds. The number of hydrogen-bond acceptors (Lipinski definition) is 3. The molecule has 0 unspecified atom stereocenters. The van der Waals surface area contributed by atoms with Crippen molar-refractivity contribution >= 4 is 0 Å². The minimum atomic E-state index is -0.365. The number of ether oxygens (including phenoxy) is 2. The lowest BCUT2D eigenvalue weighted by molar-refractivity contribution is 0.0678. The van der Waals surface area contributed by atoms with Crippen LogP contribution in [0.15, 0.2) is 18.2 Å². The second-order valence-electron chi connectivity index (χ2n) is 4.50. The second kappa shape index (κ2) is 6.71. The molecule has 2 N–H and O–H groups in total. The molecule has 1 rings (SSSR count). The van der Waals surface area contributed by atoms with Gasteiger partial charge in [0.25, 0.3) is 0 Å². The van der Waals surface area contributed by atoms with Gasteiger partial charge in [-0.2, -0.15) is 0 Å². The number of nitrogens with two attached hydrogens (primary N) is 1. The van der Waals surface area contributed by atoms with E-state index in [1.165, 1.54) is 7.11 Å². The molecule has 0 spiro atoms.